The van der Waals surface area contributed by atoms with Gasteiger partial charge in [-0.05, 0) is 58.4 Å². The summed E-state index contributed by atoms with van der Waals surface area (Å²) >= 11 is 0. The molecular weight excluding hydrogens is 661 g/mol. The molecule has 2 aromatic heterocycles. The van der Waals surface area contributed by atoms with Crippen molar-refractivity contribution in [3.05, 3.63) is 42.5 Å². The third-order valence-electron chi connectivity index (χ3n) is 5.33. The van der Waals surface area contributed by atoms with Crippen LogP contribution in [-0.2, 0) is 48.6 Å². The molecule has 0 fully saturated rings. The molecule has 0 aliphatic carbocycles. The molecule has 0 aliphatic rings. The molecule has 5 N–H and O–H groups in total. The molecule has 3 rings (SSSR count). The lowest BCUT2D eigenvalue weighted by Gasteiger charge is -2.21. The summed E-state index contributed by atoms with van der Waals surface area (Å²) in [4.78, 5) is 45.4. The third kappa shape index (κ3) is 14.2. The predicted octanol–water partition coefficient (Wildman–Crippen LogP) is 4.23. The molecule has 0 spiro atoms. The largest absolute Gasteiger partial charge is 0.510 e. The quantitative estimate of drug-likeness (QED) is 0.0568. The number of benzene rings is 1. The number of hydrogen-bond acceptors (Lipinski definition) is 17. The Balaban J connectivity index is 0.000000513. The number of hydrogen-bond donors (Lipinski definition) is 4. The Kier molecular flexibility index (Phi) is 15.5. The number of aromatic hydroxyl groups is 2. The number of carbonyl (C=O) groups is 3. The minimum atomic E-state index is -4.06. The van der Waals surface area contributed by atoms with E-state index in [2.05, 4.69) is 15.0 Å². The van der Waals surface area contributed by atoms with Crippen LogP contribution in [0.2, 0.25) is 0 Å². The lowest BCUT2D eigenvalue weighted by Crippen LogP contribution is -2.20. The van der Waals surface area contributed by atoms with Crippen LogP contribution in [0.5, 0.6) is 11.5 Å². The van der Waals surface area contributed by atoms with Gasteiger partial charge in [-0.3, -0.25) is 13.6 Å². The van der Waals surface area contributed by atoms with Gasteiger partial charge in [-0.15, -0.1) is 0 Å². The summed E-state index contributed by atoms with van der Waals surface area (Å²) in [5, 5.41) is 26.3. The number of carboxylic acids is 1. The molecule has 1 aromatic carbocycles. The molecule has 19 nitrogen and oxygen atoms in total. The Morgan fingerprint density at radius 3 is 2.08 bits per heavy atom. The molecule has 2 heterocycles. The second-order valence-electron chi connectivity index (χ2n) is 10.1. The van der Waals surface area contributed by atoms with E-state index in [9.17, 15) is 18.9 Å². The van der Waals surface area contributed by atoms with E-state index in [1.165, 1.54) is 36.9 Å². The lowest BCUT2D eigenvalue weighted by atomic mass is 10.2. The van der Waals surface area contributed by atoms with Crippen molar-refractivity contribution in [2.24, 2.45) is 0 Å². The summed E-state index contributed by atoms with van der Waals surface area (Å²) in [5.74, 6) is -1.33. The van der Waals surface area contributed by atoms with Crippen molar-refractivity contribution in [2.45, 2.75) is 59.5 Å². The van der Waals surface area contributed by atoms with Crippen molar-refractivity contribution in [3.63, 3.8) is 0 Å². The molecule has 48 heavy (non-hydrogen) atoms. The van der Waals surface area contributed by atoms with Gasteiger partial charge >= 0.3 is 25.9 Å². The van der Waals surface area contributed by atoms with Gasteiger partial charge in [0.1, 0.15) is 18.2 Å². The number of anilines is 1. The highest BCUT2D eigenvalue weighted by molar-refractivity contribution is 7.53. The van der Waals surface area contributed by atoms with Gasteiger partial charge < -0.3 is 49.3 Å². The lowest BCUT2D eigenvalue weighted by molar-refractivity contribution is -0.131. The van der Waals surface area contributed by atoms with E-state index in [0.717, 1.165) is 6.08 Å². The van der Waals surface area contributed by atoms with E-state index in [1.54, 1.807) is 39.2 Å². The van der Waals surface area contributed by atoms with Gasteiger partial charge in [0.15, 0.2) is 23.0 Å². The van der Waals surface area contributed by atoms with Crippen LogP contribution in [0.25, 0.3) is 17.2 Å². The average Bonchev–Trinajstić information content (AvgIpc) is 3.40. The number of nitrogens with two attached hydrogens (primary N) is 1. The summed E-state index contributed by atoms with van der Waals surface area (Å²) in [6.07, 6.45) is 1.14. The van der Waals surface area contributed by atoms with Crippen LogP contribution >= 0.6 is 7.60 Å². The van der Waals surface area contributed by atoms with E-state index in [-0.39, 0.29) is 23.9 Å². The van der Waals surface area contributed by atoms with E-state index in [4.69, 9.17) is 53.8 Å². The molecule has 20 heteroatoms. The summed E-state index contributed by atoms with van der Waals surface area (Å²) in [5.41, 5.74) is 7.23. The maximum atomic E-state index is 13.1. The molecule has 1 atom stereocenters. The number of rotatable bonds is 15. The number of aliphatic carboxylic acids is 1. The molecule has 0 aliphatic heterocycles. The molecule has 264 valence electrons. The second kappa shape index (κ2) is 19.0. The van der Waals surface area contributed by atoms with Gasteiger partial charge in [-0.25, -0.2) is 29.3 Å². The smallest absolute Gasteiger partial charge is 0.504 e. The number of aromatic nitrogens is 4. The fourth-order valence-corrected chi connectivity index (χ4v) is 4.35. The van der Waals surface area contributed by atoms with Crippen LogP contribution in [0.3, 0.4) is 0 Å². The van der Waals surface area contributed by atoms with Crippen molar-refractivity contribution in [1.29, 1.82) is 0 Å². The topological polar surface area (TPSA) is 263 Å². The van der Waals surface area contributed by atoms with Gasteiger partial charge in [0.25, 0.3) is 0 Å². The van der Waals surface area contributed by atoms with Crippen LogP contribution in [0.1, 0.15) is 40.2 Å². The highest BCUT2D eigenvalue weighted by Gasteiger charge is 2.29. The molecule has 0 amide bonds. The van der Waals surface area contributed by atoms with Crippen LogP contribution in [-0.4, -0.2) is 91.4 Å². The number of phenols is 2. The van der Waals surface area contributed by atoms with E-state index in [0.29, 0.717) is 16.7 Å². The van der Waals surface area contributed by atoms with Crippen molar-refractivity contribution in [1.82, 2.24) is 19.5 Å². The zero-order valence-corrected chi connectivity index (χ0v) is 27.6. The molecular formula is C28H38N5O14P. The van der Waals surface area contributed by atoms with Gasteiger partial charge in [0.2, 0.25) is 13.6 Å². The average molecular weight is 700 g/mol. The van der Waals surface area contributed by atoms with Crippen molar-refractivity contribution >= 4 is 48.9 Å². The maximum absolute atomic E-state index is 13.1. The molecule has 0 unspecified atom stereocenters. The summed E-state index contributed by atoms with van der Waals surface area (Å²) < 4.78 is 49.7. The number of nitrogen functional groups attached to an aromatic ring is 1. The zero-order chi connectivity index (χ0) is 35.9. The fraction of sp³-hybridized carbons (Fsp3) is 0.429. The van der Waals surface area contributed by atoms with Crippen LogP contribution in [0.15, 0.2) is 36.9 Å². The molecule has 0 radical (unpaired) electrons. The standard InChI is InChI=1S/C19H30N5O10P.C9H8O4/c1-12(2)33-18(25)28-9-31-35(27,32-10-29-19(26)34-13(3)4)11-30-14(5)6-24-8-23-15-16(20)21-7-22-17(15)24;10-7-3-1-6(5-8(7)11)2-4-9(12)13/h7-8,12-14H,6,9-11H2,1-5H3,(H2,20,21,22);1-5,10-11H,(H,12,13)/b;4-2+/t14-;/m1./s1. The Morgan fingerprint density at radius 2 is 1.54 bits per heavy atom. The number of phenolic OH excluding ortho intramolecular Hbond substituents is 2. The van der Waals surface area contributed by atoms with Crippen molar-refractivity contribution < 1.29 is 67.0 Å². The van der Waals surface area contributed by atoms with Gasteiger partial charge in [-0.1, -0.05) is 6.07 Å². The van der Waals surface area contributed by atoms with Crippen molar-refractivity contribution in [3.8, 4) is 11.5 Å². The highest BCUT2D eigenvalue weighted by atomic mass is 31.2. The number of fused-ring (bicyclic) bond motifs is 1. The van der Waals surface area contributed by atoms with Crippen LogP contribution < -0.4 is 5.73 Å². The molecule has 3 aromatic rings. The first-order chi connectivity index (χ1) is 22.6. The molecule has 0 saturated heterocycles. The first kappa shape index (κ1) is 39.2. The fourth-order valence-electron chi connectivity index (χ4n) is 3.27. The summed E-state index contributed by atoms with van der Waals surface area (Å²) in [6.45, 7) is 6.98. The Morgan fingerprint density at radius 1 is 0.938 bits per heavy atom. The SMILES string of the molecule is CC(C)OC(=O)OCOP(=O)(CO[C@H](C)Cn1cnc2c(N)ncnc21)OCOC(=O)OC(C)C.O=C(O)/C=C/c1ccc(O)c(O)c1. The number of ether oxygens (including phenoxy) is 5. The van der Waals surface area contributed by atoms with E-state index >= 15 is 0 Å². The van der Waals surface area contributed by atoms with Crippen LogP contribution in [0.4, 0.5) is 15.4 Å². The number of nitrogens with zero attached hydrogens (tertiary/aromatic N) is 4. The Labute approximate surface area is 274 Å². The Hall–Kier alpha value is -4.97. The first-order valence-corrected chi connectivity index (χ1v) is 15.8. The predicted molar refractivity (Wildman–Crippen MR) is 167 cm³/mol. The van der Waals surface area contributed by atoms with Crippen molar-refractivity contribution in [2.75, 3.05) is 25.7 Å². The number of imidazole rings is 1. The normalized spacial score (nSPS) is 12.1. The highest BCUT2D eigenvalue weighted by Crippen LogP contribution is 2.48. The number of carboxylic acid groups (broad SMARTS) is 1. The Bertz CT molecular complexity index is 1560. The van der Waals surface area contributed by atoms with Gasteiger partial charge in [0, 0.05) is 6.08 Å². The molecule has 0 saturated carbocycles. The first-order valence-electron chi connectivity index (χ1n) is 14.1. The molecule has 0 bridgehead atoms. The van der Waals surface area contributed by atoms with Crippen LogP contribution in [0, 0.1) is 0 Å². The second-order valence-corrected chi connectivity index (χ2v) is 12.1. The van der Waals surface area contributed by atoms with Gasteiger partial charge in [-0.2, -0.15) is 0 Å². The third-order valence-corrected chi connectivity index (χ3v) is 6.80. The minimum Gasteiger partial charge on any atom is -0.504 e. The maximum Gasteiger partial charge on any atom is 0.510 e. The summed E-state index contributed by atoms with van der Waals surface area (Å²) in [7, 11) is -4.06. The van der Waals surface area contributed by atoms with Gasteiger partial charge in [0.05, 0.1) is 31.2 Å². The zero-order valence-electron chi connectivity index (χ0n) is 26.7. The van der Waals surface area contributed by atoms with E-state index in [1.807, 2.05) is 0 Å². The summed E-state index contributed by atoms with van der Waals surface area (Å²) in [6, 6.07) is 4.06. The monoisotopic (exact) mass is 699 g/mol. The number of carbonyl (C=O) groups excluding carboxylic acids is 2. The van der Waals surface area contributed by atoms with E-state index < -0.39 is 64.1 Å². The minimum absolute atomic E-state index is 0.229.